The highest BCUT2D eigenvalue weighted by Gasteiger charge is 2.37. The van der Waals surface area contributed by atoms with E-state index in [1.807, 2.05) is 0 Å². The fourth-order valence-corrected chi connectivity index (χ4v) is 2.58. The number of carbonyl (C=O) groups excluding carboxylic acids is 1. The molecule has 1 aromatic heterocycles. The predicted molar refractivity (Wildman–Crippen MR) is 92.6 cm³/mol. The molecule has 0 aliphatic carbocycles. The topological polar surface area (TPSA) is 73.2 Å². The van der Waals surface area contributed by atoms with E-state index < -0.39 is 29.9 Å². The third-order valence-corrected chi connectivity index (χ3v) is 3.78. The molecule has 0 aliphatic heterocycles. The number of hydrogen-bond donors (Lipinski definition) is 1. The number of methoxy groups -OCH3 is 1. The molecule has 0 spiro atoms. The molecule has 1 amide bonds. The van der Waals surface area contributed by atoms with E-state index in [2.05, 4.69) is 10.3 Å². The summed E-state index contributed by atoms with van der Waals surface area (Å²) in [5, 5.41) is 2.53. The summed E-state index contributed by atoms with van der Waals surface area (Å²) < 4.78 is 45.2. The zero-order valence-corrected chi connectivity index (χ0v) is 14.1. The molecular weight excluding hydrogens is 363 g/mol. The predicted octanol–water partition coefficient (Wildman–Crippen LogP) is 3.06. The first kappa shape index (κ1) is 18.4. The quantitative estimate of drug-likeness (QED) is 0.759. The van der Waals surface area contributed by atoms with E-state index in [0.717, 1.165) is 4.57 Å². The van der Waals surface area contributed by atoms with Crippen molar-refractivity contribution in [2.45, 2.75) is 12.7 Å². The minimum atomic E-state index is -4.92. The third kappa shape index (κ3) is 3.91. The summed E-state index contributed by atoms with van der Waals surface area (Å²) >= 11 is 0. The van der Waals surface area contributed by atoms with Crippen molar-refractivity contribution in [3.8, 4) is 5.75 Å². The summed E-state index contributed by atoms with van der Waals surface area (Å²) in [7, 11) is 1.46. The van der Waals surface area contributed by atoms with Crippen molar-refractivity contribution in [3.63, 3.8) is 0 Å². The first-order valence-electron chi connectivity index (χ1n) is 7.80. The molecule has 9 heteroatoms. The zero-order chi connectivity index (χ0) is 19.6. The summed E-state index contributed by atoms with van der Waals surface area (Å²) in [4.78, 5) is 28.0. The molecule has 0 saturated carbocycles. The van der Waals surface area contributed by atoms with E-state index in [4.69, 9.17) is 4.74 Å². The highest BCUT2D eigenvalue weighted by molar-refractivity contribution is 5.91. The number of anilines is 1. The second kappa shape index (κ2) is 7.10. The Balaban J connectivity index is 1.99. The lowest BCUT2D eigenvalue weighted by Crippen LogP contribution is -2.34. The summed E-state index contributed by atoms with van der Waals surface area (Å²) in [6.45, 7) is -0.595. The first-order valence-corrected chi connectivity index (χ1v) is 7.80. The molecule has 27 heavy (non-hydrogen) atoms. The van der Waals surface area contributed by atoms with Crippen LogP contribution < -0.4 is 15.6 Å². The van der Waals surface area contributed by atoms with Crippen molar-refractivity contribution in [3.05, 3.63) is 64.6 Å². The van der Waals surface area contributed by atoms with E-state index in [1.165, 1.54) is 25.3 Å². The number of fused-ring (bicyclic) bond motifs is 1. The third-order valence-electron chi connectivity index (χ3n) is 3.78. The molecule has 0 saturated heterocycles. The van der Waals surface area contributed by atoms with Crippen LogP contribution in [0.2, 0.25) is 0 Å². The number of nitrogens with one attached hydrogen (secondary N) is 1. The monoisotopic (exact) mass is 377 g/mol. The van der Waals surface area contributed by atoms with Crippen molar-refractivity contribution < 1.29 is 22.7 Å². The van der Waals surface area contributed by atoms with Gasteiger partial charge in [-0.25, -0.2) is 4.98 Å². The van der Waals surface area contributed by atoms with Gasteiger partial charge in [0.1, 0.15) is 12.3 Å². The van der Waals surface area contributed by atoms with Crippen LogP contribution in [0.3, 0.4) is 0 Å². The van der Waals surface area contributed by atoms with Gasteiger partial charge in [-0.1, -0.05) is 18.2 Å². The lowest BCUT2D eigenvalue weighted by atomic mass is 10.2. The van der Waals surface area contributed by atoms with Crippen molar-refractivity contribution in [1.82, 2.24) is 9.55 Å². The Morgan fingerprint density at radius 3 is 2.63 bits per heavy atom. The molecule has 0 bridgehead atoms. The number of ether oxygens (including phenoxy) is 1. The summed E-state index contributed by atoms with van der Waals surface area (Å²) in [5.41, 5.74) is -2.44. The van der Waals surface area contributed by atoms with Gasteiger partial charge < -0.3 is 10.1 Å². The molecule has 0 radical (unpaired) electrons. The Morgan fingerprint density at radius 2 is 1.93 bits per heavy atom. The largest absolute Gasteiger partial charge is 0.497 e. The molecule has 3 rings (SSSR count). The van der Waals surface area contributed by atoms with Gasteiger partial charge in [-0.3, -0.25) is 14.2 Å². The number of rotatable bonds is 4. The molecule has 0 fully saturated rings. The summed E-state index contributed by atoms with van der Waals surface area (Å²) in [6.07, 6.45) is -4.92. The molecule has 0 aliphatic rings. The summed E-state index contributed by atoms with van der Waals surface area (Å²) in [6, 6.07) is 12.3. The SMILES string of the molecule is COc1cccc(NC(=O)Cn2c(=O)c(C(F)(F)F)nc3ccccc32)c1. The number of para-hydroxylation sites is 2. The second-order valence-electron chi connectivity index (χ2n) is 5.62. The van der Waals surface area contributed by atoms with Gasteiger partial charge in [0.15, 0.2) is 0 Å². The lowest BCUT2D eigenvalue weighted by molar-refractivity contribution is -0.142. The van der Waals surface area contributed by atoms with E-state index in [-0.39, 0.29) is 11.0 Å². The highest BCUT2D eigenvalue weighted by Crippen LogP contribution is 2.26. The Kier molecular flexibility index (Phi) is 4.85. The van der Waals surface area contributed by atoms with Gasteiger partial charge in [0, 0.05) is 11.8 Å². The Bertz CT molecular complexity index is 1060. The van der Waals surface area contributed by atoms with Gasteiger partial charge in [0.05, 0.1) is 18.1 Å². The lowest BCUT2D eigenvalue weighted by Gasteiger charge is -2.14. The number of carbonyl (C=O) groups is 1. The van der Waals surface area contributed by atoms with Crippen molar-refractivity contribution >= 4 is 22.6 Å². The Morgan fingerprint density at radius 1 is 1.19 bits per heavy atom. The molecular formula is C18H14F3N3O3. The number of halogens is 3. The van der Waals surface area contributed by atoms with E-state index in [9.17, 15) is 22.8 Å². The van der Waals surface area contributed by atoms with Crippen molar-refractivity contribution in [2.24, 2.45) is 0 Å². The number of alkyl halides is 3. The molecule has 0 atom stereocenters. The number of nitrogens with zero attached hydrogens (tertiary/aromatic N) is 2. The number of benzene rings is 2. The minimum absolute atomic E-state index is 0.0291. The van der Waals surface area contributed by atoms with Crippen LogP contribution in [-0.2, 0) is 17.5 Å². The van der Waals surface area contributed by atoms with Gasteiger partial charge >= 0.3 is 6.18 Å². The van der Waals surface area contributed by atoms with Crippen LogP contribution in [-0.4, -0.2) is 22.6 Å². The maximum Gasteiger partial charge on any atom is 0.438 e. The van der Waals surface area contributed by atoms with Crippen LogP contribution >= 0.6 is 0 Å². The molecule has 1 N–H and O–H groups in total. The van der Waals surface area contributed by atoms with Crippen LogP contribution in [0, 0.1) is 0 Å². The minimum Gasteiger partial charge on any atom is -0.497 e. The van der Waals surface area contributed by atoms with E-state index in [1.54, 1.807) is 30.3 Å². The second-order valence-corrected chi connectivity index (χ2v) is 5.62. The molecule has 1 heterocycles. The smallest absolute Gasteiger partial charge is 0.438 e. The van der Waals surface area contributed by atoms with Gasteiger partial charge in [0.25, 0.3) is 5.56 Å². The number of amides is 1. The summed E-state index contributed by atoms with van der Waals surface area (Å²) in [5.74, 6) is -0.159. The van der Waals surface area contributed by atoms with E-state index >= 15 is 0 Å². The van der Waals surface area contributed by atoms with Crippen molar-refractivity contribution in [2.75, 3.05) is 12.4 Å². The number of hydrogen-bond acceptors (Lipinski definition) is 4. The zero-order valence-electron chi connectivity index (χ0n) is 14.1. The highest BCUT2D eigenvalue weighted by atomic mass is 19.4. The average Bonchev–Trinajstić information content (AvgIpc) is 2.63. The van der Waals surface area contributed by atoms with Crippen LogP contribution in [0.25, 0.3) is 11.0 Å². The van der Waals surface area contributed by atoms with Gasteiger partial charge in [-0.05, 0) is 24.3 Å². The van der Waals surface area contributed by atoms with E-state index in [0.29, 0.717) is 11.4 Å². The van der Waals surface area contributed by atoms with Crippen LogP contribution in [0.4, 0.5) is 18.9 Å². The van der Waals surface area contributed by atoms with Crippen molar-refractivity contribution in [1.29, 1.82) is 0 Å². The van der Waals surface area contributed by atoms with Gasteiger partial charge in [-0.15, -0.1) is 0 Å². The number of aromatic nitrogens is 2. The Hall–Kier alpha value is -3.36. The Labute approximate surface area is 151 Å². The molecule has 3 aromatic rings. The normalized spacial score (nSPS) is 11.4. The molecule has 6 nitrogen and oxygen atoms in total. The van der Waals surface area contributed by atoms with Gasteiger partial charge in [0.2, 0.25) is 11.6 Å². The fraction of sp³-hybridized carbons (Fsp3) is 0.167. The fourth-order valence-electron chi connectivity index (χ4n) is 2.58. The van der Waals surface area contributed by atoms with Crippen LogP contribution in [0.15, 0.2) is 53.3 Å². The standard InChI is InChI=1S/C18H14F3N3O3/c1-27-12-6-4-5-11(9-12)22-15(25)10-24-14-8-3-2-7-13(14)23-16(17(24)26)18(19,20)21/h2-9H,10H2,1H3,(H,22,25). The van der Waals surface area contributed by atoms with Crippen LogP contribution in [0.1, 0.15) is 5.69 Å². The first-order chi connectivity index (χ1) is 12.8. The molecule has 2 aromatic carbocycles. The van der Waals surface area contributed by atoms with Gasteiger partial charge in [-0.2, -0.15) is 13.2 Å². The average molecular weight is 377 g/mol. The maximum absolute atomic E-state index is 13.1. The van der Waals surface area contributed by atoms with Crippen LogP contribution in [0.5, 0.6) is 5.75 Å². The maximum atomic E-state index is 13.1. The molecule has 0 unspecified atom stereocenters. The molecule has 140 valence electrons.